The summed E-state index contributed by atoms with van der Waals surface area (Å²) >= 11 is 0. The topological polar surface area (TPSA) is 29.5 Å². The highest BCUT2D eigenvalue weighted by Gasteiger charge is 2.47. The molecule has 0 amide bonds. The van der Waals surface area contributed by atoms with E-state index in [9.17, 15) is 4.79 Å². The lowest BCUT2D eigenvalue weighted by atomic mass is 9.82. The van der Waals surface area contributed by atoms with E-state index in [-0.39, 0.29) is 5.97 Å². The third-order valence-corrected chi connectivity index (χ3v) is 4.79. The van der Waals surface area contributed by atoms with E-state index in [2.05, 4.69) is 29.7 Å². The lowest BCUT2D eigenvalue weighted by Crippen LogP contribution is -2.54. The minimum Gasteiger partial charge on any atom is -0.467 e. The molecule has 2 aromatic carbocycles. The van der Waals surface area contributed by atoms with Crippen molar-refractivity contribution >= 4 is 11.7 Å². The van der Waals surface area contributed by atoms with Gasteiger partial charge in [0.1, 0.15) is 0 Å². The van der Waals surface area contributed by atoms with Crippen molar-refractivity contribution in [1.29, 1.82) is 0 Å². The van der Waals surface area contributed by atoms with Gasteiger partial charge in [-0.2, -0.15) is 0 Å². The van der Waals surface area contributed by atoms with E-state index in [0.29, 0.717) is 6.42 Å². The zero-order valence-corrected chi connectivity index (χ0v) is 14.1. The van der Waals surface area contributed by atoms with Gasteiger partial charge in [0.25, 0.3) is 0 Å². The van der Waals surface area contributed by atoms with Gasteiger partial charge in [-0.3, -0.25) is 0 Å². The number of anilines is 1. The van der Waals surface area contributed by atoms with E-state index in [1.807, 2.05) is 36.4 Å². The minimum atomic E-state index is -0.881. The number of fused-ring (bicyclic) bond motifs is 1. The Labute approximate surface area is 143 Å². The number of aryl methyl sites for hydroxylation is 1. The van der Waals surface area contributed by atoms with Crippen molar-refractivity contribution in [2.45, 2.75) is 24.8 Å². The van der Waals surface area contributed by atoms with Crippen LogP contribution in [-0.2, 0) is 21.5 Å². The summed E-state index contributed by atoms with van der Waals surface area (Å²) in [6.45, 7) is 4.72. The average Bonchev–Trinajstić information content (AvgIpc) is 2.66. The maximum atomic E-state index is 13.0. The smallest absolute Gasteiger partial charge is 0.336 e. The number of methoxy groups -OCH3 is 1. The Kier molecular flexibility index (Phi) is 4.70. The highest BCUT2D eigenvalue weighted by molar-refractivity contribution is 5.88. The number of ether oxygens (including phenoxy) is 1. The molecule has 124 valence electrons. The van der Waals surface area contributed by atoms with E-state index < -0.39 is 5.54 Å². The number of hydrogen-bond acceptors (Lipinski definition) is 3. The summed E-state index contributed by atoms with van der Waals surface area (Å²) in [5, 5.41) is 0. The van der Waals surface area contributed by atoms with Crippen LogP contribution in [0.4, 0.5) is 5.69 Å². The molecule has 0 aromatic heterocycles. The van der Waals surface area contributed by atoms with Gasteiger partial charge in [0.2, 0.25) is 0 Å². The van der Waals surface area contributed by atoms with Crippen LogP contribution in [0, 0.1) is 0 Å². The van der Waals surface area contributed by atoms with Gasteiger partial charge >= 0.3 is 5.97 Å². The van der Waals surface area contributed by atoms with E-state index in [1.54, 1.807) is 6.08 Å². The Morgan fingerprint density at radius 2 is 1.92 bits per heavy atom. The van der Waals surface area contributed by atoms with Crippen molar-refractivity contribution in [1.82, 2.24) is 0 Å². The van der Waals surface area contributed by atoms with Crippen molar-refractivity contribution < 1.29 is 9.53 Å². The van der Waals surface area contributed by atoms with Gasteiger partial charge in [-0.15, -0.1) is 6.58 Å². The molecule has 0 saturated carbocycles. The van der Waals surface area contributed by atoms with Crippen molar-refractivity contribution in [3.8, 4) is 0 Å². The normalized spacial score (nSPS) is 16.0. The lowest BCUT2D eigenvalue weighted by molar-refractivity contribution is -0.147. The van der Waals surface area contributed by atoms with Crippen LogP contribution in [0.3, 0.4) is 0 Å². The standard InChI is InChI=1S/C21H23NO2/c1-3-15-21(20(23)24-2,18-12-5-4-6-13-18)22-16-9-11-17-10-7-8-14-19(17)22/h3-8,10,12-14H,1,9,11,15-16H2,2H3. The zero-order valence-electron chi connectivity index (χ0n) is 14.1. The Morgan fingerprint density at radius 1 is 1.21 bits per heavy atom. The van der Waals surface area contributed by atoms with Crippen LogP contribution < -0.4 is 4.90 Å². The molecule has 1 aliphatic rings. The predicted octanol–water partition coefficient (Wildman–Crippen LogP) is 4.08. The summed E-state index contributed by atoms with van der Waals surface area (Å²) in [6.07, 6.45) is 4.35. The fraction of sp³-hybridized carbons (Fsp3) is 0.286. The molecular weight excluding hydrogens is 298 g/mol. The van der Waals surface area contributed by atoms with Gasteiger partial charge < -0.3 is 9.64 Å². The first-order valence-electron chi connectivity index (χ1n) is 8.34. The number of para-hydroxylation sites is 1. The summed E-state index contributed by atoms with van der Waals surface area (Å²) in [4.78, 5) is 15.2. The third-order valence-electron chi connectivity index (χ3n) is 4.79. The molecule has 0 bridgehead atoms. The van der Waals surface area contributed by atoms with Crippen LogP contribution in [0.25, 0.3) is 0 Å². The maximum absolute atomic E-state index is 13.0. The molecule has 0 radical (unpaired) electrons. The van der Waals surface area contributed by atoms with Crippen LogP contribution >= 0.6 is 0 Å². The highest BCUT2D eigenvalue weighted by Crippen LogP contribution is 2.41. The number of nitrogens with zero attached hydrogens (tertiary/aromatic N) is 1. The number of esters is 1. The van der Waals surface area contributed by atoms with Gasteiger partial charge in [-0.05, 0) is 30.0 Å². The predicted molar refractivity (Wildman–Crippen MR) is 97.1 cm³/mol. The monoisotopic (exact) mass is 321 g/mol. The Balaban J connectivity index is 2.22. The average molecular weight is 321 g/mol. The maximum Gasteiger partial charge on any atom is 0.336 e. The molecule has 3 heteroatoms. The number of hydrogen-bond donors (Lipinski definition) is 0. The van der Waals surface area contributed by atoms with Crippen molar-refractivity contribution in [2.24, 2.45) is 0 Å². The molecular formula is C21H23NO2. The Hall–Kier alpha value is -2.55. The van der Waals surface area contributed by atoms with Crippen molar-refractivity contribution in [2.75, 3.05) is 18.6 Å². The molecule has 1 aliphatic heterocycles. The molecule has 0 fully saturated rings. The molecule has 1 atom stereocenters. The molecule has 0 aliphatic carbocycles. The summed E-state index contributed by atoms with van der Waals surface area (Å²) in [5.74, 6) is -0.245. The van der Waals surface area contributed by atoms with Crippen molar-refractivity contribution in [3.05, 3.63) is 78.4 Å². The first-order chi connectivity index (χ1) is 11.7. The van der Waals surface area contributed by atoms with Crippen LogP contribution in [0.1, 0.15) is 24.0 Å². The first-order valence-corrected chi connectivity index (χ1v) is 8.34. The summed E-state index contributed by atoms with van der Waals surface area (Å²) in [7, 11) is 1.46. The Bertz CT molecular complexity index is 726. The van der Waals surface area contributed by atoms with Crippen LogP contribution in [-0.4, -0.2) is 19.6 Å². The van der Waals surface area contributed by atoms with Crippen LogP contribution in [0.2, 0.25) is 0 Å². The molecule has 0 N–H and O–H groups in total. The number of rotatable bonds is 5. The third kappa shape index (κ3) is 2.60. The van der Waals surface area contributed by atoms with Gasteiger partial charge in [0.05, 0.1) is 7.11 Å². The number of carbonyl (C=O) groups is 1. The molecule has 0 saturated heterocycles. The number of carbonyl (C=O) groups excluding carboxylic acids is 1. The summed E-state index contributed by atoms with van der Waals surface area (Å²) < 4.78 is 5.26. The van der Waals surface area contributed by atoms with E-state index in [1.165, 1.54) is 12.7 Å². The fourth-order valence-corrected chi connectivity index (χ4v) is 3.72. The Morgan fingerprint density at radius 3 is 2.62 bits per heavy atom. The molecule has 1 heterocycles. The van der Waals surface area contributed by atoms with E-state index in [0.717, 1.165) is 30.6 Å². The highest BCUT2D eigenvalue weighted by atomic mass is 16.5. The molecule has 3 rings (SSSR count). The molecule has 2 aromatic rings. The summed E-state index contributed by atoms with van der Waals surface area (Å²) in [6, 6.07) is 18.2. The molecule has 0 spiro atoms. The SMILES string of the molecule is C=CCC(C(=O)OC)(c1ccccc1)N1CCCc2ccccc21. The zero-order chi connectivity index (χ0) is 17.0. The van der Waals surface area contributed by atoms with Crippen LogP contribution in [0.5, 0.6) is 0 Å². The summed E-state index contributed by atoms with van der Waals surface area (Å²) in [5.41, 5.74) is 2.44. The molecule has 1 unspecified atom stereocenters. The van der Waals surface area contributed by atoms with Gasteiger partial charge in [-0.1, -0.05) is 54.6 Å². The fourth-order valence-electron chi connectivity index (χ4n) is 3.72. The second-order valence-electron chi connectivity index (χ2n) is 6.09. The lowest BCUT2D eigenvalue weighted by Gasteiger charge is -2.45. The van der Waals surface area contributed by atoms with E-state index >= 15 is 0 Å². The number of benzene rings is 2. The van der Waals surface area contributed by atoms with Gasteiger partial charge in [0, 0.05) is 18.7 Å². The van der Waals surface area contributed by atoms with Crippen LogP contribution in [0.15, 0.2) is 67.3 Å². The molecule has 3 nitrogen and oxygen atoms in total. The van der Waals surface area contributed by atoms with Crippen molar-refractivity contribution in [3.63, 3.8) is 0 Å². The quantitative estimate of drug-likeness (QED) is 0.614. The van der Waals surface area contributed by atoms with Gasteiger partial charge in [-0.25, -0.2) is 4.79 Å². The second-order valence-corrected chi connectivity index (χ2v) is 6.09. The van der Waals surface area contributed by atoms with Gasteiger partial charge in [0.15, 0.2) is 5.54 Å². The van der Waals surface area contributed by atoms with E-state index in [4.69, 9.17) is 4.74 Å². The molecule has 24 heavy (non-hydrogen) atoms. The first kappa shape index (κ1) is 16.3. The second kappa shape index (κ2) is 6.91. The largest absolute Gasteiger partial charge is 0.467 e. The minimum absolute atomic E-state index is 0.245.